The number of furan rings is 1. The summed E-state index contributed by atoms with van der Waals surface area (Å²) in [6, 6.07) is 30.7. The number of hydrogen-bond acceptors (Lipinski definition) is 3. The largest absolute Gasteiger partial charge is 0.433 e. The number of benzene rings is 2. The van der Waals surface area contributed by atoms with Gasteiger partial charge in [-0.3, -0.25) is 0 Å². The monoisotopic (exact) mass is 405 g/mol. The molecule has 0 N–H and O–H groups in total. The Hall–Kier alpha value is -4.18. The van der Waals surface area contributed by atoms with Gasteiger partial charge in [-0.1, -0.05) is 60.7 Å². The fourth-order valence-electron chi connectivity index (χ4n) is 3.54. The summed E-state index contributed by atoms with van der Waals surface area (Å²) in [5, 5.41) is 0. The molecule has 4 nitrogen and oxygen atoms in total. The van der Waals surface area contributed by atoms with Crippen LogP contribution in [0.1, 0.15) is 0 Å². The lowest BCUT2D eigenvalue weighted by atomic mass is 10.00. The Balaban J connectivity index is 1.42. The fraction of sp³-hybridized carbons (Fsp3) is 0.0370. The van der Waals surface area contributed by atoms with Crippen LogP contribution in [0.3, 0.4) is 0 Å². The van der Waals surface area contributed by atoms with Crippen molar-refractivity contribution in [1.82, 2.24) is 4.98 Å². The fourth-order valence-corrected chi connectivity index (χ4v) is 3.54. The van der Waals surface area contributed by atoms with Gasteiger partial charge in [0.05, 0.1) is 5.56 Å². The minimum absolute atomic E-state index is 0.409. The van der Waals surface area contributed by atoms with Crippen molar-refractivity contribution < 1.29 is 13.7 Å². The van der Waals surface area contributed by atoms with Crippen molar-refractivity contribution in [3.63, 3.8) is 0 Å². The summed E-state index contributed by atoms with van der Waals surface area (Å²) in [6.07, 6.45) is 5.45. The van der Waals surface area contributed by atoms with Crippen LogP contribution in [0.15, 0.2) is 114 Å². The number of aryl methyl sites for hydroxylation is 1. The second-order valence-corrected chi connectivity index (χ2v) is 7.28. The molecule has 0 saturated heterocycles. The third-order valence-corrected chi connectivity index (χ3v) is 5.19. The highest BCUT2D eigenvalue weighted by atomic mass is 16.6. The summed E-state index contributed by atoms with van der Waals surface area (Å²) in [4.78, 5) is 4.17. The molecular formula is C27H21N2O2+. The van der Waals surface area contributed by atoms with Gasteiger partial charge in [0.15, 0.2) is 6.20 Å². The van der Waals surface area contributed by atoms with Gasteiger partial charge in [0.2, 0.25) is 11.6 Å². The van der Waals surface area contributed by atoms with E-state index in [9.17, 15) is 0 Å². The number of hydrogen-bond donors (Lipinski definition) is 0. The van der Waals surface area contributed by atoms with E-state index in [1.807, 2.05) is 31.3 Å². The lowest BCUT2D eigenvalue weighted by molar-refractivity contribution is -0.660. The SMILES string of the molecule is C[n+]1ccc(-c2ccc(-c3ccccc3)cc2)cc1-c1coc(Oc2ccccn2)c1. The van der Waals surface area contributed by atoms with Crippen molar-refractivity contribution in [3.05, 3.63) is 110 Å². The van der Waals surface area contributed by atoms with Crippen LogP contribution in [-0.4, -0.2) is 4.98 Å². The maximum absolute atomic E-state index is 5.70. The Morgan fingerprint density at radius 2 is 1.42 bits per heavy atom. The summed E-state index contributed by atoms with van der Waals surface area (Å²) in [5.74, 6) is 0.909. The smallest absolute Gasteiger partial charge is 0.291 e. The van der Waals surface area contributed by atoms with Crippen molar-refractivity contribution in [2.75, 3.05) is 0 Å². The first-order valence-corrected chi connectivity index (χ1v) is 10.1. The van der Waals surface area contributed by atoms with E-state index in [0.29, 0.717) is 11.8 Å². The molecule has 0 aliphatic heterocycles. The molecule has 0 saturated carbocycles. The molecular weight excluding hydrogens is 384 g/mol. The molecule has 150 valence electrons. The average molecular weight is 405 g/mol. The van der Waals surface area contributed by atoms with E-state index in [4.69, 9.17) is 9.15 Å². The van der Waals surface area contributed by atoms with E-state index < -0.39 is 0 Å². The minimum atomic E-state index is 0.409. The van der Waals surface area contributed by atoms with Crippen LogP contribution in [0.5, 0.6) is 11.8 Å². The maximum atomic E-state index is 5.70. The zero-order valence-electron chi connectivity index (χ0n) is 17.1. The molecule has 0 amide bonds. The Labute approximate surface area is 181 Å². The van der Waals surface area contributed by atoms with E-state index in [-0.39, 0.29) is 0 Å². The molecule has 3 aromatic heterocycles. The Morgan fingerprint density at radius 3 is 2.16 bits per heavy atom. The predicted octanol–water partition coefficient (Wildman–Crippen LogP) is 6.29. The normalized spacial score (nSPS) is 10.7. The van der Waals surface area contributed by atoms with Gasteiger partial charge in [-0.2, -0.15) is 0 Å². The van der Waals surface area contributed by atoms with Crippen LogP contribution >= 0.6 is 0 Å². The van der Waals surface area contributed by atoms with Crippen LogP contribution < -0.4 is 9.30 Å². The Bertz CT molecular complexity index is 1290. The molecule has 5 rings (SSSR count). The standard InChI is InChI=1S/C27H21N2O2/c1-29-16-14-23(22-12-10-21(11-13-22)20-7-3-2-4-8-20)17-25(29)24-18-27(30-19-24)31-26-9-5-6-15-28-26/h2-19H,1H3/q+1. The minimum Gasteiger partial charge on any atom is -0.433 e. The van der Waals surface area contributed by atoms with E-state index >= 15 is 0 Å². The second kappa shape index (κ2) is 8.28. The van der Waals surface area contributed by atoms with Crippen molar-refractivity contribution >= 4 is 0 Å². The third kappa shape index (κ3) is 4.09. The van der Waals surface area contributed by atoms with Crippen LogP contribution in [0.25, 0.3) is 33.5 Å². The lowest BCUT2D eigenvalue weighted by Crippen LogP contribution is -2.30. The number of pyridine rings is 2. The van der Waals surface area contributed by atoms with E-state index in [1.54, 1.807) is 18.5 Å². The van der Waals surface area contributed by atoms with Crippen LogP contribution in [0, 0.1) is 0 Å². The Kier molecular flexibility index (Phi) is 5.03. The first-order chi connectivity index (χ1) is 15.3. The summed E-state index contributed by atoms with van der Waals surface area (Å²) in [6.45, 7) is 0. The van der Waals surface area contributed by atoms with Gasteiger partial charge in [0.25, 0.3) is 5.95 Å². The van der Waals surface area contributed by atoms with Gasteiger partial charge in [-0.15, -0.1) is 0 Å². The molecule has 0 spiro atoms. The maximum Gasteiger partial charge on any atom is 0.291 e. The summed E-state index contributed by atoms with van der Waals surface area (Å²) in [5.41, 5.74) is 6.70. The van der Waals surface area contributed by atoms with Gasteiger partial charge in [0.1, 0.15) is 13.3 Å². The quantitative estimate of drug-likeness (QED) is 0.323. The highest BCUT2D eigenvalue weighted by Gasteiger charge is 2.16. The summed E-state index contributed by atoms with van der Waals surface area (Å²) >= 11 is 0. The molecule has 4 heteroatoms. The van der Waals surface area contributed by atoms with Crippen LogP contribution in [0.2, 0.25) is 0 Å². The second-order valence-electron chi connectivity index (χ2n) is 7.28. The first kappa shape index (κ1) is 18.8. The van der Waals surface area contributed by atoms with Crippen molar-refractivity contribution in [2.24, 2.45) is 7.05 Å². The summed E-state index contributed by atoms with van der Waals surface area (Å²) < 4.78 is 13.4. The third-order valence-electron chi connectivity index (χ3n) is 5.19. The number of rotatable bonds is 5. The molecule has 2 aromatic carbocycles. The molecule has 5 aromatic rings. The summed E-state index contributed by atoms with van der Waals surface area (Å²) in [7, 11) is 2.02. The molecule has 0 bridgehead atoms. The number of ether oxygens (including phenoxy) is 1. The van der Waals surface area contributed by atoms with E-state index in [2.05, 4.69) is 76.4 Å². The highest BCUT2D eigenvalue weighted by molar-refractivity contribution is 5.72. The van der Waals surface area contributed by atoms with Gasteiger partial charge in [-0.05, 0) is 28.3 Å². The van der Waals surface area contributed by atoms with Crippen molar-refractivity contribution in [3.8, 4) is 45.3 Å². The molecule has 3 heterocycles. The molecule has 31 heavy (non-hydrogen) atoms. The molecule has 0 radical (unpaired) electrons. The highest BCUT2D eigenvalue weighted by Crippen LogP contribution is 2.30. The van der Waals surface area contributed by atoms with E-state index in [0.717, 1.165) is 22.4 Å². The first-order valence-electron chi connectivity index (χ1n) is 10.1. The zero-order valence-corrected chi connectivity index (χ0v) is 17.1. The van der Waals surface area contributed by atoms with Gasteiger partial charge in [0, 0.05) is 30.5 Å². The lowest BCUT2D eigenvalue weighted by Gasteiger charge is -2.06. The van der Waals surface area contributed by atoms with Crippen molar-refractivity contribution in [1.29, 1.82) is 0 Å². The Morgan fingerprint density at radius 1 is 0.710 bits per heavy atom. The number of aromatic nitrogens is 2. The van der Waals surface area contributed by atoms with Gasteiger partial charge < -0.3 is 9.15 Å². The molecule has 0 aliphatic rings. The predicted molar refractivity (Wildman–Crippen MR) is 121 cm³/mol. The molecule has 0 atom stereocenters. The van der Waals surface area contributed by atoms with E-state index in [1.165, 1.54) is 11.1 Å². The number of nitrogens with zero attached hydrogens (tertiary/aromatic N) is 2. The molecule has 0 unspecified atom stereocenters. The molecule has 0 aliphatic carbocycles. The van der Waals surface area contributed by atoms with Gasteiger partial charge >= 0.3 is 0 Å². The average Bonchev–Trinajstić information content (AvgIpc) is 3.29. The topological polar surface area (TPSA) is 39.1 Å². The van der Waals surface area contributed by atoms with Crippen LogP contribution in [-0.2, 0) is 7.05 Å². The van der Waals surface area contributed by atoms with Crippen molar-refractivity contribution in [2.45, 2.75) is 0 Å². The molecule has 0 fully saturated rings. The van der Waals surface area contributed by atoms with Crippen LogP contribution in [0.4, 0.5) is 0 Å². The van der Waals surface area contributed by atoms with Gasteiger partial charge in [-0.25, -0.2) is 9.55 Å². The zero-order chi connectivity index (χ0) is 21.0.